The van der Waals surface area contributed by atoms with Crippen molar-refractivity contribution in [1.29, 1.82) is 0 Å². The molecule has 0 aromatic heterocycles. The van der Waals surface area contributed by atoms with Crippen molar-refractivity contribution in [1.82, 2.24) is 0 Å². The fraction of sp³-hybridized carbons (Fsp3) is 0.381. The molecular weight excluding hydrogens is 330 g/mol. The van der Waals surface area contributed by atoms with Crippen LogP contribution in [-0.2, 0) is 11.2 Å². The largest absolute Gasteiger partial charge is 0.493 e. The number of rotatable bonds is 4. The number of Topliss-reactive ketones (excluding diaryl/α,β-unsaturated/α-hetero) is 1. The molecule has 0 fully saturated rings. The highest BCUT2D eigenvalue weighted by molar-refractivity contribution is 5.85. The summed E-state index contributed by atoms with van der Waals surface area (Å²) >= 11 is 0. The van der Waals surface area contributed by atoms with Crippen LogP contribution < -0.4 is 19.1 Å². The van der Waals surface area contributed by atoms with Gasteiger partial charge in [-0.3, -0.25) is 4.79 Å². The number of anilines is 1. The van der Waals surface area contributed by atoms with Crippen molar-refractivity contribution in [3.8, 4) is 17.2 Å². The first-order valence-corrected chi connectivity index (χ1v) is 8.95. The first-order chi connectivity index (χ1) is 12.6. The van der Waals surface area contributed by atoms with E-state index in [1.807, 2.05) is 44.1 Å². The molecule has 0 radical (unpaired) electrons. The van der Waals surface area contributed by atoms with Crippen molar-refractivity contribution in [2.45, 2.75) is 25.7 Å². The maximum atomic E-state index is 12.4. The summed E-state index contributed by atoms with van der Waals surface area (Å²) in [4.78, 5) is 14.5. The highest BCUT2D eigenvalue weighted by Gasteiger charge is 2.31. The summed E-state index contributed by atoms with van der Waals surface area (Å²) in [6.07, 6.45) is 0.927. The third-order valence-electron chi connectivity index (χ3n) is 5.02. The van der Waals surface area contributed by atoms with Crippen molar-refractivity contribution in [2.24, 2.45) is 0 Å². The molecule has 136 valence electrons. The number of nitrogens with zero attached hydrogens (tertiary/aromatic N) is 1. The highest BCUT2D eigenvalue weighted by Crippen LogP contribution is 2.45. The number of ketones is 1. The van der Waals surface area contributed by atoms with Crippen molar-refractivity contribution >= 4 is 11.5 Å². The number of fused-ring (bicyclic) bond motifs is 2. The Labute approximate surface area is 153 Å². The van der Waals surface area contributed by atoms with Gasteiger partial charge in [0.05, 0.1) is 6.61 Å². The molecule has 0 spiro atoms. The second-order valence-corrected chi connectivity index (χ2v) is 6.93. The lowest BCUT2D eigenvalue weighted by Gasteiger charge is -2.28. The lowest BCUT2D eigenvalue weighted by Crippen LogP contribution is -2.20. The van der Waals surface area contributed by atoms with Crippen LogP contribution in [-0.4, -0.2) is 33.3 Å². The molecule has 0 saturated carbocycles. The summed E-state index contributed by atoms with van der Waals surface area (Å²) in [7, 11) is 4.01. The van der Waals surface area contributed by atoms with E-state index in [1.165, 1.54) is 0 Å². The van der Waals surface area contributed by atoms with Crippen LogP contribution in [0, 0.1) is 0 Å². The van der Waals surface area contributed by atoms with Gasteiger partial charge in [-0.05, 0) is 36.2 Å². The molecule has 0 N–H and O–H groups in total. The summed E-state index contributed by atoms with van der Waals surface area (Å²) in [6.45, 7) is 2.79. The molecule has 0 unspecified atom stereocenters. The van der Waals surface area contributed by atoms with Crippen molar-refractivity contribution < 1.29 is 19.0 Å². The highest BCUT2D eigenvalue weighted by atomic mass is 16.7. The number of hydrogen-bond acceptors (Lipinski definition) is 5. The van der Waals surface area contributed by atoms with Crippen molar-refractivity contribution in [2.75, 3.05) is 32.4 Å². The summed E-state index contributed by atoms with van der Waals surface area (Å²) in [6, 6.07) is 10.2. The van der Waals surface area contributed by atoms with Crippen LogP contribution in [0.15, 0.2) is 30.3 Å². The Morgan fingerprint density at radius 1 is 1.12 bits per heavy atom. The number of benzene rings is 2. The van der Waals surface area contributed by atoms with E-state index in [1.54, 1.807) is 0 Å². The molecule has 0 bridgehead atoms. The molecule has 4 rings (SSSR count). The normalized spacial score (nSPS) is 17.8. The SMILES string of the molecule is CCOc1cc(N(C)C)ccc1[C@@H]1CC(=O)Cc2cc3c(cc21)OCO3. The molecule has 5 nitrogen and oxygen atoms in total. The fourth-order valence-corrected chi connectivity index (χ4v) is 3.75. The Morgan fingerprint density at radius 2 is 1.88 bits per heavy atom. The molecule has 2 aliphatic rings. The van der Waals surface area contributed by atoms with Gasteiger partial charge in [0.2, 0.25) is 6.79 Å². The zero-order valence-corrected chi connectivity index (χ0v) is 15.4. The Hall–Kier alpha value is -2.69. The van der Waals surface area contributed by atoms with Gasteiger partial charge in [-0.2, -0.15) is 0 Å². The van der Waals surface area contributed by atoms with E-state index in [-0.39, 0.29) is 18.5 Å². The van der Waals surface area contributed by atoms with Crippen LogP contribution in [0.4, 0.5) is 5.69 Å². The van der Waals surface area contributed by atoms with Crippen LogP contribution in [0.1, 0.15) is 36.0 Å². The number of ether oxygens (including phenoxy) is 3. The van der Waals surface area contributed by atoms with Gasteiger partial charge in [0, 0.05) is 50.2 Å². The van der Waals surface area contributed by atoms with Crippen LogP contribution in [0.25, 0.3) is 0 Å². The van der Waals surface area contributed by atoms with E-state index in [4.69, 9.17) is 14.2 Å². The minimum absolute atomic E-state index is 0.0292. The molecule has 1 heterocycles. The topological polar surface area (TPSA) is 48.0 Å². The van der Waals surface area contributed by atoms with E-state index >= 15 is 0 Å². The molecule has 1 aliphatic heterocycles. The first-order valence-electron chi connectivity index (χ1n) is 8.95. The zero-order valence-electron chi connectivity index (χ0n) is 15.4. The second-order valence-electron chi connectivity index (χ2n) is 6.93. The van der Waals surface area contributed by atoms with Gasteiger partial charge in [0.15, 0.2) is 11.5 Å². The van der Waals surface area contributed by atoms with Crippen LogP contribution in [0.2, 0.25) is 0 Å². The minimum atomic E-state index is -0.0292. The predicted octanol–water partition coefficient (Wildman–Crippen LogP) is 3.53. The smallest absolute Gasteiger partial charge is 0.231 e. The monoisotopic (exact) mass is 353 g/mol. The lowest BCUT2D eigenvalue weighted by atomic mass is 9.77. The van der Waals surface area contributed by atoms with Gasteiger partial charge >= 0.3 is 0 Å². The first kappa shape index (κ1) is 16.8. The standard InChI is InChI=1S/C21H23NO4/c1-4-24-19-9-14(22(2)3)5-6-16(19)18-10-15(23)7-13-8-20-21(11-17(13)18)26-12-25-20/h5-6,8-9,11,18H,4,7,10,12H2,1-3H3/t18-/m0/s1. The third kappa shape index (κ3) is 2.87. The average molecular weight is 353 g/mol. The summed E-state index contributed by atoms with van der Waals surface area (Å²) in [5, 5.41) is 0. The van der Waals surface area contributed by atoms with Crippen molar-refractivity contribution in [3.05, 3.63) is 47.0 Å². The average Bonchev–Trinajstić information content (AvgIpc) is 3.06. The van der Waals surface area contributed by atoms with E-state index < -0.39 is 0 Å². The number of carbonyl (C=O) groups excluding carboxylic acids is 1. The van der Waals surface area contributed by atoms with Crippen LogP contribution in [0.3, 0.4) is 0 Å². The zero-order chi connectivity index (χ0) is 18.3. The molecule has 0 amide bonds. The Balaban J connectivity index is 1.82. The molecule has 1 atom stereocenters. The van der Waals surface area contributed by atoms with Gasteiger partial charge < -0.3 is 19.1 Å². The fourth-order valence-electron chi connectivity index (χ4n) is 3.75. The van der Waals surface area contributed by atoms with E-state index in [2.05, 4.69) is 12.1 Å². The minimum Gasteiger partial charge on any atom is -0.493 e. The number of carbonyl (C=O) groups is 1. The molecule has 2 aromatic carbocycles. The summed E-state index contributed by atoms with van der Waals surface area (Å²) < 4.78 is 17.0. The Morgan fingerprint density at radius 3 is 2.62 bits per heavy atom. The van der Waals surface area contributed by atoms with E-state index in [0.29, 0.717) is 19.4 Å². The van der Waals surface area contributed by atoms with Crippen molar-refractivity contribution in [3.63, 3.8) is 0 Å². The molecule has 26 heavy (non-hydrogen) atoms. The van der Waals surface area contributed by atoms with Gasteiger partial charge in [-0.15, -0.1) is 0 Å². The van der Waals surface area contributed by atoms with Gasteiger partial charge in [-0.25, -0.2) is 0 Å². The molecule has 0 saturated heterocycles. The summed E-state index contributed by atoms with van der Waals surface area (Å²) in [5.41, 5.74) is 4.28. The molecule has 1 aliphatic carbocycles. The van der Waals surface area contributed by atoms with Gasteiger partial charge in [0.1, 0.15) is 11.5 Å². The number of hydrogen-bond donors (Lipinski definition) is 0. The van der Waals surface area contributed by atoms with Crippen LogP contribution in [0.5, 0.6) is 17.2 Å². The van der Waals surface area contributed by atoms with Crippen LogP contribution >= 0.6 is 0 Å². The predicted molar refractivity (Wildman–Crippen MR) is 99.7 cm³/mol. The quantitative estimate of drug-likeness (QED) is 0.842. The molecule has 2 aromatic rings. The second kappa shape index (κ2) is 6.56. The van der Waals surface area contributed by atoms with Gasteiger partial charge in [-0.1, -0.05) is 6.07 Å². The maximum Gasteiger partial charge on any atom is 0.231 e. The lowest BCUT2D eigenvalue weighted by molar-refractivity contribution is -0.119. The summed E-state index contributed by atoms with van der Waals surface area (Å²) in [5.74, 6) is 2.53. The molecule has 5 heteroatoms. The van der Waals surface area contributed by atoms with E-state index in [0.717, 1.165) is 39.6 Å². The van der Waals surface area contributed by atoms with E-state index in [9.17, 15) is 4.79 Å². The Bertz CT molecular complexity index is 859. The maximum absolute atomic E-state index is 12.4. The molecular formula is C21H23NO4. The third-order valence-corrected chi connectivity index (χ3v) is 5.02. The Kier molecular flexibility index (Phi) is 4.23. The van der Waals surface area contributed by atoms with Gasteiger partial charge in [0.25, 0.3) is 0 Å².